The van der Waals surface area contributed by atoms with E-state index in [4.69, 9.17) is 15.2 Å². The molecule has 192 valence electrons. The molecule has 11 nitrogen and oxygen atoms in total. The Morgan fingerprint density at radius 3 is 2.72 bits per heavy atom. The highest BCUT2D eigenvalue weighted by Crippen LogP contribution is 2.43. The fraction of sp³-hybridized carbons (Fsp3) is 0.440. The Morgan fingerprint density at radius 1 is 1.31 bits per heavy atom. The number of carbonyl (C=O) groups excluding carboxylic acids is 1. The number of rotatable bonds is 8. The number of nitrogens with zero attached hydrogens (tertiary/aromatic N) is 5. The molecule has 11 heteroatoms. The number of methoxy groups -OCH3 is 1. The summed E-state index contributed by atoms with van der Waals surface area (Å²) in [5.41, 5.74) is 8.73. The fourth-order valence-corrected chi connectivity index (χ4v) is 4.62. The lowest BCUT2D eigenvalue weighted by atomic mass is 9.96. The number of fused-ring (bicyclic) bond motifs is 1. The highest BCUT2D eigenvalue weighted by molar-refractivity contribution is 6.06. The van der Waals surface area contributed by atoms with Gasteiger partial charge < -0.3 is 29.6 Å². The molecule has 1 aliphatic heterocycles. The Morgan fingerprint density at radius 2 is 2.08 bits per heavy atom. The highest BCUT2D eigenvalue weighted by atomic mass is 16.6. The molecule has 1 aromatic heterocycles. The Bertz CT molecular complexity index is 1280. The van der Waals surface area contributed by atoms with Crippen LogP contribution in [0, 0.1) is 10.1 Å². The molecule has 0 radical (unpaired) electrons. The van der Waals surface area contributed by atoms with E-state index >= 15 is 0 Å². The van der Waals surface area contributed by atoms with Crippen LogP contribution >= 0.6 is 0 Å². The minimum Gasteiger partial charge on any atom is -0.465 e. The fourth-order valence-electron chi connectivity index (χ4n) is 4.62. The van der Waals surface area contributed by atoms with Crippen LogP contribution < -0.4 is 10.6 Å². The standard InChI is InChI=1S/C25H32N6O5/c1-28(2)9-10-29(3)21-13-18(24(31(33)34)23(26)22(21)25(32)35-4)16-7-8-20-19(12-16)27-15-30(20)17-6-5-11-36-14-17/h7-8,12-13,15,17H,5-6,9-11,14,26H2,1-4H3. The first-order chi connectivity index (χ1) is 17.2. The van der Waals surface area contributed by atoms with Crippen molar-refractivity contribution in [1.29, 1.82) is 0 Å². The van der Waals surface area contributed by atoms with Crippen LogP contribution in [0.4, 0.5) is 17.1 Å². The third kappa shape index (κ3) is 4.84. The van der Waals surface area contributed by atoms with Gasteiger partial charge in [-0.15, -0.1) is 0 Å². The lowest BCUT2D eigenvalue weighted by molar-refractivity contribution is -0.383. The van der Waals surface area contributed by atoms with Crippen molar-refractivity contribution in [2.24, 2.45) is 0 Å². The van der Waals surface area contributed by atoms with Gasteiger partial charge in [0.05, 0.1) is 53.3 Å². The van der Waals surface area contributed by atoms with Crippen LogP contribution in [0.1, 0.15) is 29.2 Å². The smallest absolute Gasteiger partial charge is 0.342 e. The lowest BCUT2D eigenvalue weighted by Gasteiger charge is -2.25. The van der Waals surface area contributed by atoms with Gasteiger partial charge >= 0.3 is 11.7 Å². The number of nitro benzene ring substituents is 1. The van der Waals surface area contributed by atoms with E-state index < -0.39 is 10.9 Å². The van der Waals surface area contributed by atoms with Crippen molar-refractivity contribution in [1.82, 2.24) is 14.5 Å². The second-order valence-corrected chi connectivity index (χ2v) is 9.28. The predicted octanol–water partition coefficient (Wildman–Crippen LogP) is 3.33. The van der Waals surface area contributed by atoms with Crippen LogP contribution in [0.5, 0.6) is 0 Å². The molecule has 2 aromatic carbocycles. The number of hydrogen-bond acceptors (Lipinski definition) is 9. The second-order valence-electron chi connectivity index (χ2n) is 9.28. The monoisotopic (exact) mass is 496 g/mol. The van der Waals surface area contributed by atoms with Crippen molar-refractivity contribution in [3.63, 3.8) is 0 Å². The third-order valence-electron chi connectivity index (χ3n) is 6.60. The number of aromatic nitrogens is 2. The third-order valence-corrected chi connectivity index (χ3v) is 6.60. The number of carbonyl (C=O) groups is 1. The van der Waals surface area contributed by atoms with Crippen molar-refractivity contribution >= 4 is 34.1 Å². The quantitative estimate of drug-likeness (QED) is 0.216. The molecule has 0 amide bonds. The zero-order chi connectivity index (χ0) is 26.0. The maximum atomic E-state index is 12.7. The Kier molecular flexibility index (Phi) is 7.41. The number of ether oxygens (including phenoxy) is 2. The van der Waals surface area contributed by atoms with Crippen LogP contribution in [0.2, 0.25) is 0 Å². The molecule has 0 bridgehead atoms. The van der Waals surface area contributed by atoms with E-state index in [0.29, 0.717) is 42.0 Å². The number of nitrogen functional groups attached to an aromatic ring is 1. The molecule has 0 aliphatic carbocycles. The maximum absolute atomic E-state index is 12.7. The van der Waals surface area contributed by atoms with Gasteiger partial charge in [0, 0.05) is 26.7 Å². The molecular weight excluding hydrogens is 464 g/mol. The van der Waals surface area contributed by atoms with Crippen LogP contribution in [0.3, 0.4) is 0 Å². The SMILES string of the molecule is COC(=O)c1c(N(C)CCN(C)C)cc(-c2ccc3c(c2)ncn3C2CCCOC2)c([N+](=O)[O-])c1N. The molecule has 2 heterocycles. The molecule has 0 spiro atoms. The molecule has 36 heavy (non-hydrogen) atoms. The molecule has 4 rings (SSSR count). The maximum Gasteiger partial charge on any atom is 0.342 e. The first kappa shape index (κ1) is 25.4. The minimum absolute atomic E-state index is 0.0168. The van der Waals surface area contributed by atoms with Gasteiger partial charge in [-0.05, 0) is 50.7 Å². The number of hydrogen-bond donors (Lipinski definition) is 1. The van der Waals surface area contributed by atoms with E-state index in [1.807, 2.05) is 49.1 Å². The first-order valence-corrected chi connectivity index (χ1v) is 11.8. The summed E-state index contributed by atoms with van der Waals surface area (Å²) < 4.78 is 12.7. The molecule has 1 aliphatic rings. The summed E-state index contributed by atoms with van der Waals surface area (Å²) in [6.07, 6.45) is 3.79. The first-order valence-electron chi connectivity index (χ1n) is 11.8. The van der Waals surface area contributed by atoms with E-state index in [0.717, 1.165) is 25.0 Å². The Hall–Kier alpha value is -3.70. The van der Waals surface area contributed by atoms with Gasteiger partial charge in [-0.2, -0.15) is 0 Å². The number of benzene rings is 2. The molecular formula is C25H32N6O5. The number of esters is 1. The summed E-state index contributed by atoms with van der Waals surface area (Å²) >= 11 is 0. The zero-order valence-electron chi connectivity index (χ0n) is 21.1. The highest BCUT2D eigenvalue weighted by Gasteiger charge is 2.31. The van der Waals surface area contributed by atoms with Gasteiger partial charge in [0.1, 0.15) is 11.3 Å². The van der Waals surface area contributed by atoms with Crippen LogP contribution in [0.25, 0.3) is 22.2 Å². The van der Waals surface area contributed by atoms with Crippen molar-refractivity contribution in [3.05, 3.63) is 46.3 Å². The van der Waals surface area contributed by atoms with Crippen molar-refractivity contribution in [2.75, 3.05) is 65.2 Å². The van der Waals surface area contributed by atoms with Crippen LogP contribution in [-0.4, -0.2) is 79.9 Å². The normalized spacial score (nSPS) is 15.9. The van der Waals surface area contributed by atoms with E-state index in [1.54, 1.807) is 12.4 Å². The summed E-state index contributed by atoms with van der Waals surface area (Å²) in [6, 6.07) is 7.40. The van der Waals surface area contributed by atoms with Crippen molar-refractivity contribution < 1.29 is 19.2 Å². The molecule has 3 aromatic rings. The number of nitrogens with two attached hydrogens (primary N) is 1. The van der Waals surface area contributed by atoms with Gasteiger partial charge in [-0.25, -0.2) is 9.78 Å². The topological polar surface area (TPSA) is 129 Å². The van der Waals surface area contributed by atoms with E-state index in [2.05, 4.69) is 9.55 Å². The summed E-state index contributed by atoms with van der Waals surface area (Å²) in [7, 11) is 6.93. The number of anilines is 2. The summed E-state index contributed by atoms with van der Waals surface area (Å²) in [5, 5.41) is 12.2. The minimum atomic E-state index is -0.724. The predicted molar refractivity (Wildman–Crippen MR) is 138 cm³/mol. The molecule has 1 saturated heterocycles. The zero-order valence-corrected chi connectivity index (χ0v) is 21.1. The lowest BCUT2D eigenvalue weighted by Crippen LogP contribution is -2.30. The second kappa shape index (κ2) is 10.5. The molecule has 1 unspecified atom stereocenters. The van der Waals surface area contributed by atoms with Crippen LogP contribution in [0.15, 0.2) is 30.6 Å². The number of nitro groups is 1. The van der Waals surface area contributed by atoms with Gasteiger partial charge in [-0.3, -0.25) is 10.1 Å². The Labute approximate surface area is 209 Å². The van der Waals surface area contributed by atoms with Gasteiger partial charge in [0.2, 0.25) is 0 Å². The van der Waals surface area contributed by atoms with E-state index in [9.17, 15) is 14.9 Å². The van der Waals surface area contributed by atoms with E-state index in [-0.39, 0.29) is 23.0 Å². The van der Waals surface area contributed by atoms with Gasteiger partial charge in [0.15, 0.2) is 0 Å². The molecule has 0 saturated carbocycles. The van der Waals surface area contributed by atoms with E-state index in [1.165, 1.54) is 7.11 Å². The molecule has 2 N–H and O–H groups in total. The average molecular weight is 497 g/mol. The van der Waals surface area contributed by atoms with Gasteiger partial charge in [-0.1, -0.05) is 6.07 Å². The van der Waals surface area contributed by atoms with Gasteiger partial charge in [0.25, 0.3) is 0 Å². The number of likely N-dealkylation sites (N-methyl/N-ethyl adjacent to an activating group) is 2. The van der Waals surface area contributed by atoms with Crippen molar-refractivity contribution in [3.8, 4) is 11.1 Å². The van der Waals surface area contributed by atoms with Crippen LogP contribution in [-0.2, 0) is 9.47 Å². The number of imidazole rings is 1. The summed E-state index contributed by atoms with van der Waals surface area (Å²) in [6.45, 7) is 2.68. The molecule has 1 atom stereocenters. The molecule has 1 fully saturated rings. The van der Waals surface area contributed by atoms with Crippen molar-refractivity contribution in [2.45, 2.75) is 18.9 Å². The largest absolute Gasteiger partial charge is 0.465 e. The Balaban J connectivity index is 1.86. The summed E-state index contributed by atoms with van der Waals surface area (Å²) in [5.74, 6) is -0.724. The average Bonchev–Trinajstić information content (AvgIpc) is 3.29. The summed E-state index contributed by atoms with van der Waals surface area (Å²) in [4.78, 5) is 32.7.